The summed E-state index contributed by atoms with van der Waals surface area (Å²) in [5, 5.41) is 3.55. The van der Waals surface area contributed by atoms with Crippen molar-refractivity contribution in [3.63, 3.8) is 0 Å². The third-order valence-corrected chi connectivity index (χ3v) is 5.53. The lowest BCUT2D eigenvalue weighted by molar-refractivity contribution is 0.259. The number of nitrogens with zero attached hydrogens (tertiary/aromatic N) is 4. The molecule has 0 bridgehead atoms. The summed E-state index contributed by atoms with van der Waals surface area (Å²) in [6.45, 7) is 6.28. The van der Waals surface area contributed by atoms with E-state index in [1.54, 1.807) is 0 Å². The average molecular weight is 368 g/mol. The molecule has 0 atom stereocenters. The topological polar surface area (TPSA) is 45.5 Å². The van der Waals surface area contributed by atoms with E-state index in [2.05, 4.69) is 68.2 Å². The lowest BCUT2D eigenvalue weighted by Gasteiger charge is -2.34. The zero-order valence-corrected chi connectivity index (χ0v) is 16.8. The number of hydrogen-bond donors (Lipinski definition) is 1. The number of hydrogen-bond acceptors (Lipinski definition) is 2. The summed E-state index contributed by atoms with van der Waals surface area (Å²) in [7, 11) is 1.90. The van der Waals surface area contributed by atoms with Gasteiger partial charge in [0.1, 0.15) is 5.82 Å². The van der Waals surface area contributed by atoms with E-state index in [0.29, 0.717) is 0 Å². The first-order chi connectivity index (χ1) is 13.3. The first-order valence-electron chi connectivity index (χ1n) is 10.2. The second kappa shape index (κ2) is 10.1. The van der Waals surface area contributed by atoms with Crippen LogP contribution in [0.2, 0.25) is 0 Å². The van der Waals surface area contributed by atoms with Gasteiger partial charge < -0.3 is 14.8 Å². The fourth-order valence-corrected chi connectivity index (χ4v) is 3.88. The van der Waals surface area contributed by atoms with E-state index in [-0.39, 0.29) is 0 Å². The third kappa shape index (κ3) is 5.84. The van der Waals surface area contributed by atoms with Crippen molar-refractivity contribution in [1.29, 1.82) is 0 Å². The van der Waals surface area contributed by atoms with Crippen LogP contribution in [0.3, 0.4) is 0 Å². The van der Waals surface area contributed by atoms with Gasteiger partial charge in [0, 0.05) is 45.6 Å². The van der Waals surface area contributed by atoms with E-state index in [1.807, 2.05) is 13.2 Å². The molecule has 5 nitrogen and oxygen atoms in total. The quantitative estimate of drug-likeness (QED) is 0.463. The summed E-state index contributed by atoms with van der Waals surface area (Å²) >= 11 is 0. The second-order valence-corrected chi connectivity index (χ2v) is 7.47. The molecular formula is C22H33N5. The average Bonchev–Trinajstić information content (AvgIpc) is 3.11. The molecule has 1 aromatic heterocycles. The van der Waals surface area contributed by atoms with Crippen molar-refractivity contribution >= 4 is 5.96 Å². The predicted molar refractivity (Wildman–Crippen MR) is 112 cm³/mol. The van der Waals surface area contributed by atoms with Gasteiger partial charge in [-0.15, -0.1) is 0 Å². The summed E-state index contributed by atoms with van der Waals surface area (Å²) in [6, 6.07) is 10.9. The number of piperidine rings is 1. The molecule has 0 radical (unpaired) electrons. The zero-order valence-electron chi connectivity index (χ0n) is 16.8. The van der Waals surface area contributed by atoms with Gasteiger partial charge in [0.05, 0.1) is 0 Å². The monoisotopic (exact) mass is 367 g/mol. The number of rotatable bonds is 7. The van der Waals surface area contributed by atoms with Gasteiger partial charge in [-0.05, 0) is 50.5 Å². The number of guanidine groups is 1. The number of imidazole rings is 1. The number of aryl methyl sites for hydroxylation is 2. The Morgan fingerprint density at radius 3 is 2.63 bits per heavy atom. The first kappa shape index (κ1) is 19.5. The Kier molecular flexibility index (Phi) is 7.31. The van der Waals surface area contributed by atoms with E-state index in [4.69, 9.17) is 0 Å². The number of aromatic nitrogens is 2. The molecule has 2 heterocycles. The second-order valence-electron chi connectivity index (χ2n) is 7.47. The van der Waals surface area contributed by atoms with Gasteiger partial charge in [0.15, 0.2) is 5.96 Å². The third-order valence-electron chi connectivity index (χ3n) is 5.53. The van der Waals surface area contributed by atoms with Gasteiger partial charge in [-0.1, -0.05) is 30.3 Å². The molecule has 146 valence electrons. The summed E-state index contributed by atoms with van der Waals surface area (Å²) in [6.07, 6.45) is 9.92. The maximum absolute atomic E-state index is 4.50. The molecule has 0 saturated carbocycles. The maximum Gasteiger partial charge on any atom is 0.193 e. The molecule has 1 N–H and O–H groups in total. The number of benzene rings is 1. The Morgan fingerprint density at radius 1 is 1.19 bits per heavy atom. The molecule has 1 aromatic carbocycles. The molecule has 1 fully saturated rings. The molecule has 3 rings (SSSR count). The molecule has 27 heavy (non-hydrogen) atoms. The van der Waals surface area contributed by atoms with Gasteiger partial charge in [0.2, 0.25) is 0 Å². The minimum Gasteiger partial charge on any atom is -0.356 e. The van der Waals surface area contributed by atoms with E-state index >= 15 is 0 Å². The summed E-state index contributed by atoms with van der Waals surface area (Å²) < 4.78 is 2.21. The van der Waals surface area contributed by atoms with Crippen LogP contribution in [0.1, 0.15) is 37.1 Å². The molecule has 1 aliphatic heterocycles. The normalized spacial score (nSPS) is 15.9. The molecule has 5 heteroatoms. The van der Waals surface area contributed by atoms with Crippen LogP contribution < -0.4 is 5.32 Å². The highest BCUT2D eigenvalue weighted by molar-refractivity contribution is 5.79. The fraction of sp³-hybridized carbons (Fsp3) is 0.545. The smallest absolute Gasteiger partial charge is 0.193 e. The molecule has 0 unspecified atom stereocenters. The highest BCUT2D eigenvalue weighted by atomic mass is 15.3. The lowest BCUT2D eigenvalue weighted by Crippen LogP contribution is -2.46. The molecule has 0 spiro atoms. The van der Waals surface area contributed by atoms with Gasteiger partial charge in [-0.2, -0.15) is 0 Å². The largest absolute Gasteiger partial charge is 0.356 e. The van der Waals surface area contributed by atoms with Crippen molar-refractivity contribution in [1.82, 2.24) is 19.8 Å². The summed E-state index contributed by atoms with van der Waals surface area (Å²) in [5.41, 5.74) is 1.46. The van der Waals surface area contributed by atoms with Crippen LogP contribution in [0.5, 0.6) is 0 Å². The Labute approximate surface area is 163 Å². The SMILES string of the molecule is CN=C(NCCCCn1ccnc1C)N1CCC(Cc2ccccc2)CC1. The summed E-state index contributed by atoms with van der Waals surface area (Å²) in [5.74, 6) is 2.95. The van der Waals surface area contributed by atoms with Crippen LogP contribution in [0.25, 0.3) is 0 Å². The molecule has 0 aliphatic carbocycles. The van der Waals surface area contributed by atoms with Crippen molar-refractivity contribution in [3.8, 4) is 0 Å². The lowest BCUT2D eigenvalue weighted by atomic mass is 9.90. The van der Waals surface area contributed by atoms with Crippen LogP contribution in [0.15, 0.2) is 47.7 Å². The molecule has 0 amide bonds. The first-order valence-corrected chi connectivity index (χ1v) is 10.2. The van der Waals surface area contributed by atoms with Crippen molar-refractivity contribution in [2.75, 3.05) is 26.7 Å². The predicted octanol–water partition coefficient (Wildman–Crippen LogP) is 3.50. The van der Waals surface area contributed by atoms with Crippen molar-refractivity contribution in [3.05, 3.63) is 54.1 Å². The molecular weight excluding hydrogens is 334 g/mol. The zero-order chi connectivity index (χ0) is 18.9. The summed E-state index contributed by atoms with van der Waals surface area (Å²) in [4.78, 5) is 11.2. The standard InChI is InChI=1S/C22H33N5/c1-19-24-13-17-26(19)14-7-6-12-25-22(23-2)27-15-10-21(11-16-27)18-20-8-4-3-5-9-20/h3-5,8-9,13,17,21H,6-7,10-12,14-16,18H2,1-2H3,(H,23,25). The highest BCUT2D eigenvalue weighted by Gasteiger charge is 2.21. The van der Waals surface area contributed by atoms with Gasteiger partial charge in [0.25, 0.3) is 0 Å². The van der Waals surface area contributed by atoms with Crippen molar-refractivity contribution in [2.24, 2.45) is 10.9 Å². The van der Waals surface area contributed by atoms with E-state index in [1.165, 1.54) is 24.8 Å². The Balaban J connectivity index is 1.34. The Hall–Kier alpha value is -2.30. The van der Waals surface area contributed by atoms with E-state index in [0.717, 1.165) is 56.7 Å². The molecule has 1 aliphatic rings. The van der Waals surface area contributed by atoms with Crippen LogP contribution in [-0.4, -0.2) is 47.1 Å². The van der Waals surface area contributed by atoms with Gasteiger partial charge in [-0.3, -0.25) is 4.99 Å². The number of unbranched alkanes of at least 4 members (excludes halogenated alkanes) is 1. The maximum atomic E-state index is 4.50. The Bertz CT molecular complexity index is 699. The molecule has 1 saturated heterocycles. The minimum absolute atomic E-state index is 0.792. The van der Waals surface area contributed by atoms with Crippen LogP contribution in [-0.2, 0) is 13.0 Å². The van der Waals surface area contributed by atoms with E-state index < -0.39 is 0 Å². The number of aliphatic imine (C=N–C) groups is 1. The van der Waals surface area contributed by atoms with Crippen molar-refractivity contribution < 1.29 is 0 Å². The minimum atomic E-state index is 0.792. The fourth-order valence-electron chi connectivity index (χ4n) is 3.88. The Morgan fingerprint density at radius 2 is 1.96 bits per heavy atom. The van der Waals surface area contributed by atoms with Gasteiger partial charge in [-0.25, -0.2) is 4.98 Å². The number of likely N-dealkylation sites (tertiary alicyclic amines) is 1. The number of nitrogens with one attached hydrogen (secondary N) is 1. The molecule has 2 aromatic rings. The van der Waals surface area contributed by atoms with Crippen LogP contribution in [0.4, 0.5) is 0 Å². The van der Waals surface area contributed by atoms with Gasteiger partial charge >= 0.3 is 0 Å². The van der Waals surface area contributed by atoms with Crippen molar-refractivity contribution in [2.45, 2.75) is 45.6 Å². The van der Waals surface area contributed by atoms with Crippen LogP contribution >= 0.6 is 0 Å². The highest BCUT2D eigenvalue weighted by Crippen LogP contribution is 2.21. The van der Waals surface area contributed by atoms with E-state index in [9.17, 15) is 0 Å². The van der Waals surface area contributed by atoms with Crippen LogP contribution in [0, 0.1) is 12.8 Å².